The highest BCUT2D eigenvalue weighted by Gasteiger charge is 2.03. The number of aromatic hydroxyl groups is 1. The Labute approximate surface area is 126 Å². The zero-order valence-electron chi connectivity index (χ0n) is 11.1. The first-order valence-electron chi connectivity index (χ1n) is 6.38. The Hall–Kier alpha value is -2.53. The molecular weight excluding hydrogens is 288 g/mol. The van der Waals surface area contributed by atoms with Gasteiger partial charge in [0, 0.05) is 29.5 Å². The van der Waals surface area contributed by atoms with Gasteiger partial charge in [0.2, 0.25) is 0 Å². The third kappa shape index (κ3) is 3.14. The van der Waals surface area contributed by atoms with Gasteiger partial charge in [0.15, 0.2) is 0 Å². The van der Waals surface area contributed by atoms with E-state index in [1.165, 1.54) is 0 Å². The van der Waals surface area contributed by atoms with Crippen molar-refractivity contribution in [3.05, 3.63) is 65.8 Å². The van der Waals surface area contributed by atoms with Crippen molar-refractivity contribution in [2.45, 2.75) is 6.54 Å². The van der Waals surface area contributed by atoms with E-state index in [1.54, 1.807) is 36.9 Å². The molecule has 1 aromatic carbocycles. The highest BCUT2D eigenvalue weighted by Crippen LogP contribution is 2.22. The average Bonchev–Trinajstić information content (AvgIpc) is 3.03. The lowest BCUT2D eigenvalue weighted by Gasteiger charge is -2.09. The van der Waals surface area contributed by atoms with Crippen molar-refractivity contribution in [3.8, 4) is 11.6 Å². The summed E-state index contributed by atoms with van der Waals surface area (Å²) in [6.07, 6.45) is 6.96. The lowest BCUT2D eigenvalue weighted by Crippen LogP contribution is -2.01. The first-order valence-corrected chi connectivity index (χ1v) is 6.76. The summed E-state index contributed by atoms with van der Waals surface area (Å²) < 4.78 is 1.83. The second-order valence-corrected chi connectivity index (χ2v) is 4.94. The number of nitrogens with one attached hydrogen (secondary N) is 1. The van der Waals surface area contributed by atoms with Crippen LogP contribution in [0, 0.1) is 0 Å². The molecule has 2 aromatic heterocycles. The number of nitrogens with zero attached hydrogens (tertiary/aromatic N) is 3. The maximum absolute atomic E-state index is 9.76. The van der Waals surface area contributed by atoms with Crippen LogP contribution in [0.15, 0.2) is 55.2 Å². The van der Waals surface area contributed by atoms with Gasteiger partial charge in [0.05, 0.1) is 11.9 Å². The predicted molar refractivity (Wildman–Crippen MR) is 81.8 cm³/mol. The second-order valence-electron chi connectivity index (χ2n) is 4.50. The number of phenolic OH excluding ortho intramolecular Hbond substituents is 1. The van der Waals surface area contributed by atoms with Gasteiger partial charge < -0.3 is 10.4 Å². The van der Waals surface area contributed by atoms with Crippen LogP contribution in [0.2, 0.25) is 5.02 Å². The van der Waals surface area contributed by atoms with Crippen LogP contribution in [-0.4, -0.2) is 19.6 Å². The molecule has 0 saturated heterocycles. The first-order chi connectivity index (χ1) is 10.2. The number of benzene rings is 1. The Morgan fingerprint density at radius 3 is 2.86 bits per heavy atom. The van der Waals surface area contributed by atoms with E-state index in [2.05, 4.69) is 15.3 Å². The predicted octanol–water partition coefficient (Wildman–Crippen LogP) is 3.24. The smallest absolute Gasteiger partial charge is 0.137 e. The van der Waals surface area contributed by atoms with Crippen LogP contribution < -0.4 is 5.32 Å². The van der Waals surface area contributed by atoms with E-state index in [0.29, 0.717) is 11.6 Å². The lowest BCUT2D eigenvalue weighted by atomic mass is 10.2. The Bertz CT molecular complexity index is 726. The molecule has 0 radical (unpaired) electrons. The van der Waals surface area contributed by atoms with Gasteiger partial charge in [0.25, 0.3) is 0 Å². The number of imidazole rings is 1. The summed E-state index contributed by atoms with van der Waals surface area (Å²) in [5.74, 6) is 1.01. The fraction of sp³-hybridized carbons (Fsp3) is 0.0667. The van der Waals surface area contributed by atoms with Crippen molar-refractivity contribution in [1.82, 2.24) is 14.5 Å². The fourth-order valence-electron chi connectivity index (χ4n) is 1.93. The summed E-state index contributed by atoms with van der Waals surface area (Å²) in [6, 6.07) is 8.78. The number of phenols is 1. The summed E-state index contributed by atoms with van der Waals surface area (Å²) in [5.41, 5.74) is 1.60. The summed E-state index contributed by atoms with van der Waals surface area (Å²) in [5, 5.41) is 13.5. The minimum absolute atomic E-state index is 0.217. The molecule has 5 nitrogen and oxygen atoms in total. The minimum atomic E-state index is 0.217. The molecule has 0 atom stereocenters. The first kappa shape index (κ1) is 13.5. The van der Waals surface area contributed by atoms with E-state index >= 15 is 0 Å². The van der Waals surface area contributed by atoms with Crippen molar-refractivity contribution >= 4 is 17.3 Å². The van der Waals surface area contributed by atoms with Crippen LogP contribution in [0.5, 0.6) is 5.75 Å². The third-order valence-corrected chi connectivity index (χ3v) is 3.28. The van der Waals surface area contributed by atoms with Crippen molar-refractivity contribution in [2.75, 3.05) is 5.32 Å². The molecule has 2 heterocycles. The molecule has 0 aliphatic rings. The van der Waals surface area contributed by atoms with Crippen molar-refractivity contribution < 1.29 is 5.11 Å². The zero-order valence-corrected chi connectivity index (χ0v) is 11.8. The maximum Gasteiger partial charge on any atom is 0.137 e. The molecule has 3 aromatic rings. The largest absolute Gasteiger partial charge is 0.508 e. The van der Waals surface area contributed by atoms with Crippen molar-refractivity contribution in [1.29, 1.82) is 0 Å². The van der Waals surface area contributed by atoms with E-state index in [0.717, 1.165) is 17.1 Å². The summed E-state index contributed by atoms with van der Waals surface area (Å²) in [7, 11) is 0. The normalized spacial score (nSPS) is 10.5. The molecular formula is C15H13ClN4O. The van der Waals surface area contributed by atoms with Crippen molar-refractivity contribution in [2.24, 2.45) is 0 Å². The number of hydrogen-bond donors (Lipinski definition) is 2. The number of halogens is 1. The van der Waals surface area contributed by atoms with Gasteiger partial charge in [-0.1, -0.05) is 11.6 Å². The molecule has 0 bridgehead atoms. The van der Waals surface area contributed by atoms with E-state index in [1.807, 2.05) is 22.9 Å². The van der Waals surface area contributed by atoms with Crippen LogP contribution in [0.25, 0.3) is 5.82 Å². The van der Waals surface area contributed by atoms with E-state index in [9.17, 15) is 5.11 Å². The zero-order chi connectivity index (χ0) is 14.7. The molecule has 0 aliphatic heterocycles. The molecule has 0 amide bonds. The Balaban J connectivity index is 1.70. The minimum Gasteiger partial charge on any atom is -0.508 e. The molecule has 6 heteroatoms. The van der Waals surface area contributed by atoms with Crippen LogP contribution in [0.1, 0.15) is 5.56 Å². The molecule has 3 rings (SSSR count). The topological polar surface area (TPSA) is 63.0 Å². The summed E-state index contributed by atoms with van der Waals surface area (Å²) in [6.45, 7) is 0.471. The van der Waals surface area contributed by atoms with Gasteiger partial charge in [-0.2, -0.15) is 0 Å². The van der Waals surface area contributed by atoms with Gasteiger partial charge in [0.1, 0.15) is 17.9 Å². The molecule has 0 unspecified atom stereocenters. The molecule has 0 spiro atoms. The van der Waals surface area contributed by atoms with Crippen LogP contribution in [0.3, 0.4) is 0 Å². The van der Waals surface area contributed by atoms with E-state index in [4.69, 9.17) is 11.6 Å². The van der Waals surface area contributed by atoms with E-state index < -0.39 is 0 Å². The highest BCUT2D eigenvalue weighted by atomic mass is 35.5. The van der Waals surface area contributed by atoms with Crippen LogP contribution in [0.4, 0.5) is 5.69 Å². The van der Waals surface area contributed by atoms with Gasteiger partial charge >= 0.3 is 0 Å². The molecule has 106 valence electrons. The van der Waals surface area contributed by atoms with Gasteiger partial charge in [-0.25, -0.2) is 9.97 Å². The third-order valence-electron chi connectivity index (χ3n) is 3.04. The number of hydrogen-bond acceptors (Lipinski definition) is 4. The molecule has 0 saturated carbocycles. The molecule has 21 heavy (non-hydrogen) atoms. The standard InChI is InChI=1S/C15H13ClN4O/c16-12-1-3-14(21)11(7-12)8-18-13-2-4-15(19-9-13)20-6-5-17-10-20/h1-7,9-10,18,21H,8H2. The lowest BCUT2D eigenvalue weighted by molar-refractivity contribution is 0.469. The maximum atomic E-state index is 9.76. The van der Waals surface area contributed by atoms with Crippen LogP contribution in [-0.2, 0) is 6.54 Å². The number of aromatic nitrogens is 3. The summed E-state index contributed by atoms with van der Waals surface area (Å²) in [4.78, 5) is 8.33. The molecule has 0 aliphatic carbocycles. The van der Waals surface area contributed by atoms with Gasteiger partial charge in [-0.3, -0.25) is 4.57 Å². The summed E-state index contributed by atoms with van der Waals surface area (Å²) >= 11 is 5.92. The van der Waals surface area contributed by atoms with E-state index in [-0.39, 0.29) is 5.75 Å². The molecule has 2 N–H and O–H groups in total. The quantitative estimate of drug-likeness (QED) is 0.776. The Morgan fingerprint density at radius 2 is 2.14 bits per heavy atom. The Morgan fingerprint density at radius 1 is 1.24 bits per heavy atom. The fourth-order valence-corrected chi connectivity index (χ4v) is 2.13. The monoisotopic (exact) mass is 300 g/mol. The SMILES string of the molecule is Oc1ccc(Cl)cc1CNc1ccc(-n2ccnc2)nc1. The van der Waals surface area contributed by atoms with Crippen molar-refractivity contribution in [3.63, 3.8) is 0 Å². The van der Waals surface area contributed by atoms with Gasteiger partial charge in [-0.15, -0.1) is 0 Å². The number of rotatable bonds is 4. The average molecular weight is 301 g/mol. The number of anilines is 1. The number of pyridine rings is 1. The van der Waals surface area contributed by atoms with Crippen LogP contribution >= 0.6 is 11.6 Å². The Kier molecular flexibility index (Phi) is 3.75. The molecule has 0 fully saturated rings. The second kappa shape index (κ2) is 5.85. The van der Waals surface area contributed by atoms with Gasteiger partial charge in [-0.05, 0) is 30.3 Å². The highest BCUT2D eigenvalue weighted by molar-refractivity contribution is 6.30.